The SMILES string of the molecule is O=Cc1cccnc1Oc1ccc2c(nnn2CC2CC2)c1C(F)(F)F. The Morgan fingerprint density at radius 3 is 2.77 bits per heavy atom. The van der Waals surface area contributed by atoms with E-state index < -0.39 is 17.5 Å². The molecule has 1 aliphatic rings. The average Bonchev–Trinajstić information content (AvgIpc) is 3.33. The number of fused-ring (bicyclic) bond motifs is 1. The molecule has 0 amide bonds. The Balaban J connectivity index is 1.82. The number of aromatic nitrogens is 4. The van der Waals surface area contributed by atoms with Crippen LogP contribution >= 0.6 is 0 Å². The lowest BCUT2D eigenvalue weighted by Gasteiger charge is -2.14. The fourth-order valence-corrected chi connectivity index (χ4v) is 2.74. The molecule has 2 aromatic heterocycles. The average molecular weight is 362 g/mol. The van der Waals surface area contributed by atoms with E-state index in [1.54, 1.807) is 0 Å². The van der Waals surface area contributed by atoms with Gasteiger partial charge in [-0.05, 0) is 43.0 Å². The summed E-state index contributed by atoms with van der Waals surface area (Å²) < 4.78 is 47.9. The molecule has 3 aromatic rings. The van der Waals surface area contributed by atoms with Crippen molar-refractivity contribution in [2.24, 2.45) is 5.92 Å². The minimum Gasteiger partial charge on any atom is -0.438 e. The van der Waals surface area contributed by atoms with E-state index in [4.69, 9.17) is 4.74 Å². The van der Waals surface area contributed by atoms with Gasteiger partial charge in [0.25, 0.3) is 0 Å². The summed E-state index contributed by atoms with van der Waals surface area (Å²) in [7, 11) is 0. The van der Waals surface area contributed by atoms with Crippen LogP contribution in [-0.4, -0.2) is 26.3 Å². The topological polar surface area (TPSA) is 69.9 Å². The Morgan fingerprint density at radius 1 is 1.27 bits per heavy atom. The summed E-state index contributed by atoms with van der Waals surface area (Å²) in [4.78, 5) is 14.9. The fraction of sp³-hybridized carbons (Fsp3) is 0.294. The lowest BCUT2D eigenvalue weighted by atomic mass is 10.1. The van der Waals surface area contributed by atoms with Gasteiger partial charge in [0.1, 0.15) is 16.8 Å². The minimum atomic E-state index is -4.70. The molecule has 2 heterocycles. The standard InChI is InChI=1S/C17H13F3N4O2/c18-17(19,20)14-13(26-16-11(9-25)2-1-7-21-16)6-5-12-15(14)22-23-24(12)8-10-3-4-10/h1-2,5-7,9-10H,3-4,8H2. The molecule has 26 heavy (non-hydrogen) atoms. The second kappa shape index (κ2) is 6.08. The van der Waals surface area contributed by atoms with E-state index in [0.717, 1.165) is 12.8 Å². The van der Waals surface area contributed by atoms with Crippen LogP contribution in [0.2, 0.25) is 0 Å². The number of carbonyl (C=O) groups excluding carboxylic acids is 1. The molecular formula is C17H13F3N4O2. The first-order valence-electron chi connectivity index (χ1n) is 7.99. The third-order valence-corrected chi connectivity index (χ3v) is 4.19. The number of pyridine rings is 1. The predicted octanol–water partition coefficient (Wildman–Crippen LogP) is 3.86. The molecule has 0 N–H and O–H groups in total. The van der Waals surface area contributed by atoms with Crippen LogP contribution in [0, 0.1) is 5.92 Å². The van der Waals surface area contributed by atoms with Crippen LogP contribution in [0.5, 0.6) is 11.6 Å². The van der Waals surface area contributed by atoms with Gasteiger partial charge in [-0.1, -0.05) is 5.21 Å². The van der Waals surface area contributed by atoms with Crippen molar-refractivity contribution in [1.82, 2.24) is 20.0 Å². The summed E-state index contributed by atoms with van der Waals surface area (Å²) >= 11 is 0. The number of alkyl halides is 3. The Labute approximate surface area is 145 Å². The Bertz CT molecular complexity index is 980. The van der Waals surface area contributed by atoms with Gasteiger partial charge >= 0.3 is 6.18 Å². The van der Waals surface area contributed by atoms with Gasteiger partial charge < -0.3 is 4.74 Å². The number of nitrogens with zero attached hydrogens (tertiary/aromatic N) is 4. The largest absolute Gasteiger partial charge is 0.438 e. The molecule has 0 unspecified atom stereocenters. The molecule has 0 saturated heterocycles. The first-order valence-corrected chi connectivity index (χ1v) is 7.99. The number of hydrogen-bond acceptors (Lipinski definition) is 5. The quantitative estimate of drug-likeness (QED) is 0.645. The molecule has 0 aliphatic heterocycles. The molecule has 1 fully saturated rings. The number of ether oxygens (including phenoxy) is 1. The van der Waals surface area contributed by atoms with E-state index in [-0.39, 0.29) is 17.0 Å². The molecule has 0 atom stereocenters. The molecule has 0 bridgehead atoms. The molecule has 9 heteroatoms. The maximum Gasteiger partial charge on any atom is 0.422 e. The first-order chi connectivity index (χ1) is 12.5. The van der Waals surface area contributed by atoms with E-state index in [0.29, 0.717) is 24.3 Å². The number of carbonyl (C=O) groups is 1. The Morgan fingerprint density at radius 2 is 2.08 bits per heavy atom. The molecule has 0 radical (unpaired) electrons. The van der Waals surface area contributed by atoms with E-state index >= 15 is 0 Å². The van der Waals surface area contributed by atoms with E-state index in [1.165, 1.54) is 35.1 Å². The summed E-state index contributed by atoms with van der Waals surface area (Å²) in [6, 6.07) is 5.61. The van der Waals surface area contributed by atoms with Crippen molar-refractivity contribution in [2.75, 3.05) is 0 Å². The second-order valence-corrected chi connectivity index (χ2v) is 6.14. The number of hydrogen-bond donors (Lipinski definition) is 0. The lowest BCUT2D eigenvalue weighted by molar-refractivity contribution is -0.137. The molecule has 134 valence electrons. The van der Waals surface area contributed by atoms with Gasteiger partial charge in [0.05, 0.1) is 11.1 Å². The predicted molar refractivity (Wildman–Crippen MR) is 85.0 cm³/mol. The second-order valence-electron chi connectivity index (χ2n) is 6.14. The number of aldehydes is 1. The van der Waals surface area contributed by atoms with Crippen LogP contribution in [0.3, 0.4) is 0 Å². The molecule has 1 saturated carbocycles. The van der Waals surface area contributed by atoms with Gasteiger partial charge in [0.2, 0.25) is 5.88 Å². The van der Waals surface area contributed by atoms with Crippen molar-refractivity contribution in [3.8, 4) is 11.6 Å². The summed E-state index contributed by atoms with van der Waals surface area (Å²) in [5, 5.41) is 7.60. The summed E-state index contributed by atoms with van der Waals surface area (Å²) in [5.41, 5.74) is -0.954. The minimum absolute atomic E-state index is 0.0538. The molecule has 4 rings (SSSR count). The van der Waals surface area contributed by atoms with E-state index in [2.05, 4.69) is 15.3 Å². The van der Waals surface area contributed by atoms with Crippen LogP contribution in [0.4, 0.5) is 13.2 Å². The van der Waals surface area contributed by atoms with Gasteiger partial charge in [-0.2, -0.15) is 13.2 Å². The fourth-order valence-electron chi connectivity index (χ4n) is 2.74. The van der Waals surface area contributed by atoms with Crippen LogP contribution in [0.25, 0.3) is 11.0 Å². The summed E-state index contributed by atoms with van der Waals surface area (Å²) in [5.74, 6) is -0.225. The van der Waals surface area contributed by atoms with Gasteiger partial charge in [0.15, 0.2) is 6.29 Å². The van der Waals surface area contributed by atoms with Crippen molar-refractivity contribution < 1.29 is 22.7 Å². The third-order valence-electron chi connectivity index (χ3n) is 4.19. The highest BCUT2D eigenvalue weighted by molar-refractivity contribution is 5.82. The van der Waals surface area contributed by atoms with Crippen LogP contribution in [0.1, 0.15) is 28.8 Å². The Hall–Kier alpha value is -2.97. The molecule has 1 aliphatic carbocycles. The highest BCUT2D eigenvalue weighted by Gasteiger charge is 2.39. The van der Waals surface area contributed by atoms with Gasteiger partial charge in [0, 0.05) is 12.7 Å². The highest BCUT2D eigenvalue weighted by atomic mass is 19.4. The number of halogens is 3. The van der Waals surface area contributed by atoms with Gasteiger partial charge in [-0.25, -0.2) is 9.67 Å². The first kappa shape index (κ1) is 16.5. The zero-order valence-electron chi connectivity index (χ0n) is 13.4. The zero-order valence-corrected chi connectivity index (χ0v) is 13.4. The van der Waals surface area contributed by atoms with Gasteiger partial charge in [-0.15, -0.1) is 5.10 Å². The van der Waals surface area contributed by atoms with Crippen molar-refractivity contribution in [3.05, 3.63) is 41.6 Å². The van der Waals surface area contributed by atoms with Crippen molar-refractivity contribution in [2.45, 2.75) is 25.6 Å². The molecule has 6 nitrogen and oxygen atoms in total. The van der Waals surface area contributed by atoms with Crippen LogP contribution in [-0.2, 0) is 12.7 Å². The number of rotatable bonds is 5. The molecule has 0 spiro atoms. The van der Waals surface area contributed by atoms with Crippen LogP contribution < -0.4 is 4.74 Å². The summed E-state index contributed by atoms with van der Waals surface area (Å²) in [6.45, 7) is 0.545. The normalized spacial score (nSPS) is 14.6. The molecule has 1 aromatic carbocycles. The highest BCUT2D eigenvalue weighted by Crippen LogP contribution is 2.42. The van der Waals surface area contributed by atoms with Crippen molar-refractivity contribution in [3.63, 3.8) is 0 Å². The van der Waals surface area contributed by atoms with E-state index in [1.807, 2.05) is 0 Å². The molecular weight excluding hydrogens is 349 g/mol. The monoisotopic (exact) mass is 362 g/mol. The van der Waals surface area contributed by atoms with Gasteiger partial charge in [-0.3, -0.25) is 4.79 Å². The van der Waals surface area contributed by atoms with E-state index in [9.17, 15) is 18.0 Å². The third kappa shape index (κ3) is 3.00. The van der Waals surface area contributed by atoms with Crippen molar-refractivity contribution in [1.29, 1.82) is 0 Å². The van der Waals surface area contributed by atoms with Crippen molar-refractivity contribution >= 4 is 17.3 Å². The Kier molecular flexibility index (Phi) is 3.86. The number of benzene rings is 1. The zero-order chi connectivity index (χ0) is 18.3. The van der Waals surface area contributed by atoms with Crippen LogP contribution in [0.15, 0.2) is 30.5 Å². The lowest BCUT2D eigenvalue weighted by Crippen LogP contribution is -2.09. The summed E-state index contributed by atoms with van der Waals surface area (Å²) in [6.07, 6.45) is -0.808. The smallest absolute Gasteiger partial charge is 0.422 e. The maximum absolute atomic E-state index is 13.7. The maximum atomic E-state index is 13.7.